The molecule has 0 aliphatic heterocycles. The molecule has 0 rings (SSSR count). The molecule has 0 aromatic rings. The SMILES string of the molecule is CCCCCCCCCCC/C=C/[C@@H](O)[C@@H](O)[C@H](CO)NC(=O)[C@H](O)CCCCCCCCCCCCCCCCCC. The number of unbranched alkanes of at least 4 members (excludes halogenated alkanes) is 24. The smallest absolute Gasteiger partial charge is 0.249 e. The van der Waals surface area contributed by atoms with E-state index in [1.165, 1.54) is 134 Å². The van der Waals surface area contributed by atoms with Crippen molar-refractivity contribution in [1.29, 1.82) is 0 Å². The van der Waals surface area contributed by atoms with Crippen LogP contribution < -0.4 is 5.32 Å². The molecule has 256 valence electrons. The van der Waals surface area contributed by atoms with Crippen LogP contribution in [0.3, 0.4) is 0 Å². The molecule has 0 unspecified atom stereocenters. The van der Waals surface area contributed by atoms with E-state index in [1.54, 1.807) is 0 Å². The molecule has 0 aliphatic rings. The normalized spacial score (nSPS) is 14.7. The first kappa shape index (κ1) is 42.0. The van der Waals surface area contributed by atoms with Gasteiger partial charge in [-0.3, -0.25) is 4.79 Å². The van der Waals surface area contributed by atoms with Crippen molar-refractivity contribution in [2.45, 2.75) is 212 Å². The molecular weight excluding hydrogens is 538 g/mol. The van der Waals surface area contributed by atoms with E-state index in [9.17, 15) is 25.2 Å². The third-order valence-electron chi connectivity index (χ3n) is 8.73. The van der Waals surface area contributed by atoms with Crippen molar-refractivity contribution in [3.05, 3.63) is 12.2 Å². The molecule has 0 aromatic carbocycles. The number of aliphatic hydroxyl groups excluding tert-OH is 4. The maximum Gasteiger partial charge on any atom is 0.249 e. The summed E-state index contributed by atoms with van der Waals surface area (Å²) in [6.07, 6.45) is 32.5. The van der Waals surface area contributed by atoms with Gasteiger partial charge in [-0.1, -0.05) is 180 Å². The highest BCUT2D eigenvalue weighted by Crippen LogP contribution is 2.15. The van der Waals surface area contributed by atoms with Gasteiger partial charge in [-0.2, -0.15) is 0 Å². The Morgan fingerprint density at radius 2 is 0.953 bits per heavy atom. The molecule has 0 aliphatic carbocycles. The molecule has 0 saturated carbocycles. The van der Waals surface area contributed by atoms with Gasteiger partial charge < -0.3 is 25.7 Å². The standard InChI is InChI=1S/C37H73NO5/c1-3-5-7-9-11-13-15-16-17-18-19-21-23-25-27-29-31-35(41)37(43)38-33(32-39)36(42)34(40)30-28-26-24-22-20-14-12-10-8-6-4-2/h28,30,33-36,39-42H,3-27,29,31-32H2,1-2H3,(H,38,43)/b30-28+/t33-,34+,35+,36-/m0/s1. The van der Waals surface area contributed by atoms with Gasteiger partial charge in [0.1, 0.15) is 18.3 Å². The van der Waals surface area contributed by atoms with E-state index in [2.05, 4.69) is 19.2 Å². The summed E-state index contributed by atoms with van der Waals surface area (Å²) in [6.45, 7) is 3.99. The Balaban J connectivity index is 3.83. The van der Waals surface area contributed by atoms with Crippen molar-refractivity contribution >= 4 is 5.91 Å². The summed E-state index contributed by atoms with van der Waals surface area (Å²) in [7, 11) is 0. The van der Waals surface area contributed by atoms with Gasteiger partial charge in [-0.15, -0.1) is 0 Å². The zero-order valence-corrected chi connectivity index (χ0v) is 28.5. The Morgan fingerprint density at radius 3 is 1.35 bits per heavy atom. The summed E-state index contributed by atoms with van der Waals surface area (Å²) in [4.78, 5) is 12.4. The molecule has 6 nitrogen and oxygen atoms in total. The Bertz CT molecular complexity index is 614. The zero-order chi connectivity index (χ0) is 31.8. The molecule has 0 fully saturated rings. The minimum Gasteiger partial charge on any atom is -0.394 e. The van der Waals surface area contributed by atoms with Crippen molar-refractivity contribution in [2.24, 2.45) is 0 Å². The van der Waals surface area contributed by atoms with Crippen LogP contribution in [0.5, 0.6) is 0 Å². The molecule has 43 heavy (non-hydrogen) atoms. The average Bonchev–Trinajstić information content (AvgIpc) is 3.01. The van der Waals surface area contributed by atoms with E-state index in [0.29, 0.717) is 6.42 Å². The predicted molar refractivity (Wildman–Crippen MR) is 182 cm³/mol. The highest BCUT2D eigenvalue weighted by molar-refractivity contribution is 5.80. The summed E-state index contributed by atoms with van der Waals surface area (Å²) in [5, 5.41) is 43.2. The van der Waals surface area contributed by atoms with Crippen LogP contribution in [-0.2, 0) is 4.79 Å². The molecule has 4 atom stereocenters. The monoisotopic (exact) mass is 612 g/mol. The van der Waals surface area contributed by atoms with Crippen LogP contribution in [0.15, 0.2) is 12.2 Å². The van der Waals surface area contributed by atoms with Gasteiger partial charge >= 0.3 is 0 Å². The van der Waals surface area contributed by atoms with E-state index in [0.717, 1.165) is 38.5 Å². The van der Waals surface area contributed by atoms with E-state index in [4.69, 9.17) is 0 Å². The molecule has 0 radical (unpaired) electrons. The molecule has 0 aromatic heterocycles. The van der Waals surface area contributed by atoms with Crippen molar-refractivity contribution < 1.29 is 25.2 Å². The number of amides is 1. The highest BCUT2D eigenvalue weighted by atomic mass is 16.3. The third kappa shape index (κ3) is 27.1. The van der Waals surface area contributed by atoms with Crippen LogP contribution in [0.25, 0.3) is 0 Å². The maximum absolute atomic E-state index is 12.4. The Hall–Kier alpha value is -0.950. The fraction of sp³-hybridized carbons (Fsp3) is 0.919. The molecule has 5 N–H and O–H groups in total. The van der Waals surface area contributed by atoms with Gasteiger partial charge in [-0.25, -0.2) is 0 Å². The second kappa shape index (κ2) is 32.4. The second-order valence-electron chi connectivity index (χ2n) is 12.9. The molecule has 1 amide bonds. The van der Waals surface area contributed by atoms with Crippen LogP contribution in [0.1, 0.15) is 187 Å². The number of hydrogen-bond acceptors (Lipinski definition) is 5. The van der Waals surface area contributed by atoms with Gasteiger partial charge in [0.05, 0.1) is 12.6 Å². The second-order valence-corrected chi connectivity index (χ2v) is 12.9. The summed E-state index contributed by atoms with van der Waals surface area (Å²) in [5.74, 6) is -0.607. The lowest BCUT2D eigenvalue weighted by Crippen LogP contribution is -2.52. The van der Waals surface area contributed by atoms with Crippen LogP contribution in [0.2, 0.25) is 0 Å². The molecular formula is C37H73NO5. The van der Waals surface area contributed by atoms with Gasteiger partial charge in [0.15, 0.2) is 0 Å². The van der Waals surface area contributed by atoms with Crippen molar-refractivity contribution in [3.8, 4) is 0 Å². The number of rotatable bonds is 33. The van der Waals surface area contributed by atoms with Crippen LogP contribution in [0, 0.1) is 0 Å². The molecule has 0 heterocycles. The Labute approximate surface area is 266 Å². The van der Waals surface area contributed by atoms with Crippen LogP contribution in [-0.4, -0.2) is 57.3 Å². The molecule has 0 saturated heterocycles. The van der Waals surface area contributed by atoms with E-state index >= 15 is 0 Å². The Morgan fingerprint density at radius 1 is 0.581 bits per heavy atom. The average molecular weight is 612 g/mol. The van der Waals surface area contributed by atoms with Gasteiger partial charge in [0.2, 0.25) is 5.91 Å². The number of hydrogen-bond donors (Lipinski definition) is 5. The number of nitrogens with one attached hydrogen (secondary N) is 1. The lowest BCUT2D eigenvalue weighted by molar-refractivity contribution is -0.132. The summed E-state index contributed by atoms with van der Waals surface area (Å²) >= 11 is 0. The summed E-state index contributed by atoms with van der Waals surface area (Å²) in [5.41, 5.74) is 0. The van der Waals surface area contributed by atoms with Crippen LogP contribution >= 0.6 is 0 Å². The molecule has 6 heteroatoms. The lowest BCUT2D eigenvalue weighted by Gasteiger charge is -2.25. The summed E-state index contributed by atoms with van der Waals surface area (Å²) in [6, 6.07) is -1.03. The first-order valence-electron chi connectivity index (χ1n) is 18.6. The van der Waals surface area contributed by atoms with Crippen molar-refractivity contribution in [3.63, 3.8) is 0 Å². The number of allylic oxidation sites excluding steroid dienone is 1. The van der Waals surface area contributed by atoms with Crippen molar-refractivity contribution in [2.75, 3.05) is 6.61 Å². The van der Waals surface area contributed by atoms with Gasteiger partial charge in [0, 0.05) is 0 Å². The Kier molecular flexibility index (Phi) is 31.7. The number of carbonyl (C=O) groups excluding carboxylic acids is 1. The summed E-state index contributed by atoms with van der Waals surface area (Å²) < 4.78 is 0. The highest BCUT2D eigenvalue weighted by Gasteiger charge is 2.27. The number of carbonyl (C=O) groups is 1. The number of aliphatic hydroxyl groups is 4. The van der Waals surface area contributed by atoms with Crippen molar-refractivity contribution in [1.82, 2.24) is 5.32 Å². The van der Waals surface area contributed by atoms with Crippen LogP contribution in [0.4, 0.5) is 0 Å². The first-order valence-corrected chi connectivity index (χ1v) is 18.6. The van der Waals surface area contributed by atoms with Gasteiger partial charge in [0.25, 0.3) is 0 Å². The van der Waals surface area contributed by atoms with Gasteiger partial charge in [-0.05, 0) is 19.3 Å². The first-order chi connectivity index (χ1) is 21.0. The third-order valence-corrected chi connectivity index (χ3v) is 8.73. The predicted octanol–water partition coefficient (Wildman–Crippen LogP) is 8.67. The topological polar surface area (TPSA) is 110 Å². The maximum atomic E-state index is 12.4. The quantitative estimate of drug-likeness (QED) is 0.0377. The fourth-order valence-electron chi connectivity index (χ4n) is 5.70. The van der Waals surface area contributed by atoms with E-state index < -0.39 is 36.9 Å². The molecule has 0 spiro atoms. The van der Waals surface area contributed by atoms with E-state index in [1.807, 2.05) is 6.08 Å². The van der Waals surface area contributed by atoms with E-state index in [-0.39, 0.29) is 0 Å². The largest absolute Gasteiger partial charge is 0.394 e. The zero-order valence-electron chi connectivity index (χ0n) is 28.5. The minimum absolute atomic E-state index is 0.361. The lowest BCUT2D eigenvalue weighted by atomic mass is 10.0. The molecule has 0 bridgehead atoms. The fourth-order valence-corrected chi connectivity index (χ4v) is 5.70. The minimum atomic E-state index is -1.34.